The Balaban J connectivity index is 1.11. The molecule has 1 aromatic carbocycles. The maximum atomic E-state index is 14.5. The van der Waals surface area contributed by atoms with E-state index in [2.05, 4.69) is 25.1 Å². The molecule has 0 aliphatic carbocycles. The molecule has 2 N–H and O–H groups in total. The van der Waals surface area contributed by atoms with E-state index >= 15 is 0 Å². The minimum Gasteiger partial charge on any atom is -0.472 e. The van der Waals surface area contributed by atoms with E-state index in [9.17, 15) is 13.6 Å². The van der Waals surface area contributed by atoms with Gasteiger partial charge in [0.05, 0.1) is 25.4 Å². The lowest BCUT2D eigenvalue weighted by Crippen LogP contribution is -2.39. The zero-order valence-corrected chi connectivity index (χ0v) is 22.7. The molecule has 0 bridgehead atoms. The van der Waals surface area contributed by atoms with Gasteiger partial charge in [-0.25, -0.2) is 14.4 Å². The van der Waals surface area contributed by atoms with Gasteiger partial charge >= 0.3 is 0 Å². The number of amides is 1. The van der Waals surface area contributed by atoms with Crippen molar-refractivity contribution in [1.82, 2.24) is 34.6 Å². The summed E-state index contributed by atoms with van der Waals surface area (Å²) in [5.41, 5.74) is 6.92. The number of carbonyl (C=O) groups excluding carboxylic acids is 1. The molecule has 6 rings (SSSR count). The number of fused-ring (bicyclic) bond motifs is 1. The first kappa shape index (κ1) is 27.4. The number of primary amides is 1. The van der Waals surface area contributed by atoms with Crippen molar-refractivity contribution in [1.29, 1.82) is 0 Å². The van der Waals surface area contributed by atoms with Crippen molar-refractivity contribution in [3.63, 3.8) is 0 Å². The number of aromatic nitrogens is 6. The van der Waals surface area contributed by atoms with Gasteiger partial charge in [-0.2, -0.15) is 9.37 Å². The first-order valence-corrected chi connectivity index (χ1v) is 13.7. The minimum absolute atomic E-state index is 0.0602. The van der Waals surface area contributed by atoms with Crippen molar-refractivity contribution in [3.8, 4) is 5.88 Å². The molecule has 0 spiro atoms. The molecule has 0 radical (unpaired) electrons. The Morgan fingerprint density at radius 3 is 2.63 bits per heavy atom. The van der Waals surface area contributed by atoms with E-state index in [1.165, 1.54) is 6.07 Å². The van der Waals surface area contributed by atoms with Crippen molar-refractivity contribution < 1.29 is 23.0 Å². The fourth-order valence-corrected chi connectivity index (χ4v) is 5.13. The number of carbonyl (C=O) groups is 1. The predicted molar refractivity (Wildman–Crippen MR) is 143 cm³/mol. The molecule has 1 atom stereocenters. The molecule has 0 saturated carbocycles. The number of halogens is 3. The predicted octanol–water partition coefficient (Wildman–Crippen LogP) is 3.07. The highest BCUT2D eigenvalue weighted by Crippen LogP contribution is 2.25. The topological polar surface area (TPSA) is 134 Å². The molecule has 2 saturated heterocycles. The third-order valence-corrected chi connectivity index (χ3v) is 7.54. The maximum Gasteiger partial charge on any atom is 0.269 e. The zero-order valence-electron chi connectivity index (χ0n) is 22.0. The monoisotopic (exact) mass is 584 g/mol. The lowest BCUT2D eigenvalue weighted by atomic mass is 10.1. The van der Waals surface area contributed by atoms with Gasteiger partial charge in [-0.3, -0.25) is 9.69 Å². The van der Waals surface area contributed by atoms with Crippen LogP contribution >= 0.6 is 11.6 Å². The molecular weight excluding hydrogens is 558 g/mol. The number of nitrogens with two attached hydrogens (primary N) is 1. The van der Waals surface area contributed by atoms with E-state index in [1.54, 1.807) is 18.2 Å². The number of benzene rings is 1. The summed E-state index contributed by atoms with van der Waals surface area (Å²) in [4.78, 5) is 26.8. The molecule has 4 aromatic rings. The number of likely N-dealkylation sites (tertiary alicyclic amines) is 1. The molecule has 41 heavy (non-hydrogen) atoms. The van der Waals surface area contributed by atoms with Gasteiger partial charge in [-0.15, -0.1) is 10.2 Å². The highest BCUT2D eigenvalue weighted by molar-refractivity contribution is 6.30. The largest absolute Gasteiger partial charge is 0.472 e. The molecule has 0 unspecified atom stereocenters. The Bertz CT molecular complexity index is 1590. The molecule has 14 heteroatoms. The Hall–Kier alpha value is -3.81. The lowest BCUT2D eigenvalue weighted by Gasteiger charge is -2.32. The Morgan fingerprint density at radius 2 is 1.93 bits per heavy atom. The maximum absolute atomic E-state index is 14.5. The quantitative estimate of drug-likeness (QED) is 0.315. The second kappa shape index (κ2) is 11.6. The van der Waals surface area contributed by atoms with Crippen LogP contribution in [0.1, 0.15) is 47.0 Å². The van der Waals surface area contributed by atoms with Crippen LogP contribution in [0.5, 0.6) is 5.88 Å². The summed E-state index contributed by atoms with van der Waals surface area (Å²) in [6.07, 6.45) is 3.18. The van der Waals surface area contributed by atoms with Crippen LogP contribution in [-0.2, 0) is 24.2 Å². The number of hydrogen-bond donors (Lipinski definition) is 1. The van der Waals surface area contributed by atoms with Crippen LogP contribution < -0.4 is 10.5 Å². The van der Waals surface area contributed by atoms with Gasteiger partial charge < -0.3 is 19.8 Å². The SMILES string of the molecule is NC(=O)c1cc2nc(CN3CCC(Oc4nc(Cc5ccc(Cl)cc5F)ncc4F)CC3)n(C[C@@H]3CCO3)c2nn1. The van der Waals surface area contributed by atoms with Crippen LogP contribution in [0.25, 0.3) is 11.2 Å². The third kappa shape index (κ3) is 6.11. The van der Waals surface area contributed by atoms with E-state index in [-0.39, 0.29) is 41.0 Å². The van der Waals surface area contributed by atoms with E-state index < -0.39 is 17.5 Å². The van der Waals surface area contributed by atoms with E-state index in [4.69, 9.17) is 31.8 Å². The summed E-state index contributed by atoms with van der Waals surface area (Å²) >= 11 is 5.83. The number of rotatable bonds is 9. The van der Waals surface area contributed by atoms with Crippen LogP contribution in [0.4, 0.5) is 8.78 Å². The normalized spacial score (nSPS) is 18.0. The average Bonchev–Trinajstić information content (AvgIpc) is 3.26. The van der Waals surface area contributed by atoms with Crippen LogP contribution in [-0.4, -0.2) is 72.4 Å². The van der Waals surface area contributed by atoms with Crippen LogP contribution in [0.15, 0.2) is 30.5 Å². The van der Waals surface area contributed by atoms with Crippen molar-refractivity contribution in [2.24, 2.45) is 5.73 Å². The fourth-order valence-electron chi connectivity index (χ4n) is 4.97. The molecule has 2 aliphatic rings. The van der Waals surface area contributed by atoms with Crippen molar-refractivity contribution in [3.05, 3.63) is 70.0 Å². The first-order chi connectivity index (χ1) is 19.8. The van der Waals surface area contributed by atoms with Crippen LogP contribution in [0.2, 0.25) is 5.02 Å². The smallest absolute Gasteiger partial charge is 0.269 e. The lowest BCUT2D eigenvalue weighted by molar-refractivity contribution is -0.0593. The molecule has 2 fully saturated rings. The third-order valence-electron chi connectivity index (χ3n) is 7.31. The summed E-state index contributed by atoms with van der Waals surface area (Å²) in [6.45, 7) is 3.22. The van der Waals surface area contributed by atoms with Gasteiger partial charge in [0.25, 0.3) is 11.8 Å². The zero-order chi connectivity index (χ0) is 28.5. The fraction of sp³-hybridized carbons (Fsp3) is 0.407. The number of piperidine rings is 1. The minimum atomic E-state index is -0.670. The average molecular weight is 585 g/mol. The second-order valence-electron chi connectivity index (χ2n) is 10.2. The van der Waals surface area contributed by atoms with E-state index in [0.29, 0.717) is 55.7 Å². The number of ether oxygens (including phenoxy) is 2. The van der Waals surface area contributed by atoms with Crippen LogP contribution in [0.3, 0.4) is 0 Å². The van der Waals surface area contributed by atoms with Gasteiger partial charge in [-0.05, 0) is 37.0 Å². The van der Waals surface area contributed by atoms with E-state index in [1.807, 2.05) is 4.57 Å². The molecular formula is C27H27ClF2N8O3. The Morgan fingerprint density at radius 1 is 1.12 bits per heavy atom. The standard InChI is InChI=1S/C27H27ClF2N8O3/c28-16-2-1-15(19(29)10-16)9-23-32-12-20(30)27(34-23)41-17-3-6-37(7-4-17)14-24-33-22-11-21(25(31)39)35-36-26(22)38(24)13-18-5-8-40-18/h1-2,10-12,17-18H,3-9,13-14H2,(H2,31,39)/t18-/m0/s1. The molecule has 5 heterocycles. The van der Waals surface area contributed by atoms with Crippen LogP contribution in [0, 0.1) is 11.6 Å². The molecule has 11 nitrogen and oxygen atoms in total. The van der Waals surface area contributed by atoms with Gasteiger partial charge in [0.2, 0.25) is 5.82 Å². The summed E-state index contributed by atoms with van der Waals surface area (Å²) in [6, 6.07) is 5.90. The summed E-state index contributed by atoms with van der Waals surface area (Å²) < 4.78 is 42.3. The van der Waals surface area contributed by atoms with Crippen molar-refractivity contribution in [2.75, 3.05) is 19.7 Å². The highest BCUT2D eigenvalue weighted by atomic mass is 35.5. The summed E-state index contributed by atoms with van der Waals surface area (Å²) in [5, 5.41) is 8.46. The first-order valence-electron chi connectivity index (χ1n) is 13.3. The second-order valence-corrected chi connectivity index (χ2v) is 10.6. The van der Waals surface area contributed by atoms with E-state index in [0.717, 1.165) is 25.0 Å². The van der Waals surface area contributed by atoms with Gasteiger partial charge in [0.1, 0.15) is 29.1 Å². The molecule has 1 amide bonds. The number of hydrogen-bond acceptors (Lipinski definition) is 9. The summed E-state index contributed by atoms with van der Waals surface area (Å²) in [7, 11) is 0. The summed E-state index contributed by atoms with van der Waals surface area (Å²) in [5.74, 6) is -0.924. The number of imidazole rings is 1. The Labute approximate surface area is 238 Å². The number of nitrogens with zero attached hydrogens (tertiary/aromatic N) is 7. The molecule has 3 aromatic heterocycles. The van der Waals surface area contributed by atoms with Crippen molar-refractivity contribution in [2.45, 2.75) is 51.0 Å². The van der Waals surface area contributed by atoms with Crippen molar-refractivity contribution >= 4 is 28.7 Å². The molecule has 2 aliphatic heterocycles. The van der Waals surface area contributed by atoms with Gasteiger partial charge in [-0.1, -0.05) is 17.7 Å². The highest BCUT2D eigenvalue weighted by Gasteiger charge is 2.27. The Kier molecular flexibility index (Phi) is 7.73. The van der Waals surface area contributed by atoms with Gasteiger partial charge in [0.15, 0.2) is 11.3 Å². The molecule has 214 valence electrons. The van der Waals surface area contributed by atoms with Gasteiger partial charge in [0, 0.05) is 37.2 Å².